The van der Waals surface area contributed by atoms with E-state index in [1.165, 1.54) is 6.08 Å². The van der Waals surface area contributed by atoms with Crippen LogP contribution in [0.25, 0.3) is 12.2 Å². The maximum absolute atomic E-state index is 11.8. The average molecular weight is 746 g/mol. The number of benzene rings is 2. The number of aliphatic hydroxyl groups excluding tert-OH is 4. The van der Waals surface area contributed by atoms with Crippen molar-refractivity contribution in [3.8, 4) is 11.5 Å². The van der Waals surface area contributed by atoms with E-state index >= 15 is 0 Å². The van der Waals surface area contributed by atoms with Gasteiger partial charge in [-0.1, -0.05) is 24.3 Å². The molecule has 2 amide bonds. The van der Waals surface area contributed by atoms with Gasteiger partial charge < -0.3 is 62.3 Å². The van der Waals surface area contributed by atoms with E-state index in [1.807, 2.05) is 76.7 Å². The molecule has 0 fully saturated rings. The van der Waals surface area contributed by atoms with E-state index in [-0.39, 0.29) is 43.3 Å². The minimum absolute atomic E-state index is 0. The van der Waals surface area contributed by atoms with E-state index in [0.717, 1.165) is 48.6 Å². The van der Waals surface area contributed by atoms with Crippen molar-refractivity contribution in [2.24, 2.45) is 0 Å². The Morgan fingerprint density at radius 2 is 1.22 bits per heavy atom. The second-order valence-corrected chi connectivity index (χ2v) is 12.3. The van der Waals surface area contributed by atoms with Crippen LogP contribution >= 0.6 is 11.6 Å². The Bertz CT molecular complexity index is 1210. The number of quaternary nitrogens is 1. The standard InChI is InChI=1S/C18H28N2O4.C15H22N2O2.C3H7ClO2.ClH/c1-20(2,13-16(22)14-21)12-4-11-19-18(23)10-7-15-5-8-17(24-3)9-6-15;1-17(2)12-4-11-16-15(18)10-7-13-5-8-14(19-3)9-6-13;4-1-3(6)2-5;/h5-10,16,21-22H,4,11-14H2,1-3H3;5-10H,4,11-12H2,1-3H3,(H,16,18);3,5-6H,1-2H2;1H/b2*10-7+;;. The van der Waals surface area contributed by atoms with Gasteiger partial charge in [0.2, 0.25) is 11.8 Å². The number of methoxy groups -OCH3 is 2. The number of likely N-dealkylation sites (N-methyl/N-ethyl adjacent to an activating group) is 1. The lowest BCUT2D eigenvalue weighted by Crippen LogP contribution is -3.00. The Morgan fingerprint density at radius 3 is 1.56 bits per heavy atom. The van der Waals surface area contributed by atoms with E-state index in [4.69, 9.17) is 36.4 Å². The molecular weight excluding hydrogens is 687 g/mol. The van der Waals surface area contributed by atoms with E-state index in [9.17, 15) is 14.7 Å². The third-order valence-corrected chi connectivity index (χ3v) is 7.07. The zero-order chi connectivity index (χ0) is 37.1. The molecule has 2 rings (SSSR count). The summed E-state index contributed by atoms with van der Waals surface area (Å²) < 4.78 is 10.8. The molecule has 0 aliphatic carbocycles. The molecule has 0 radical (unpaired) electrons. The first-order valence-electron chi connectivity index (χ1n) is 16.1. The molecule has 6 N–H and O–H groups in total. The minimum Gasteiger partial charge on any atom is -1.00 e. The molecule has 50 heavy (non-hydrogen) atoms. The predicted octanol–water partition coefficient (Wildman–Crippen LogP) is -0.997. The summed E-state index contributed by atoms with van der Waals surface area (Å²) in [5.41, 5.74) is 1.91. The maximum atomic E-state index is 11.8. The number of carbonyl (C=O) groups is 2. The summed E-state index contributed by atoms with van der Waals surface area (Å²) in [6.07, 6.45) is 6.92. The fourth-order valence-electron chi connectivity index (χ4n) is 3.99. The third kappa shape index (κ3) is 26.6. The van der Waals surface area contributed by atoms with Gasteiger partial charge in [-0.2, -0.15) is 0 Å². The molecule has 0 saturated carbocycles. The van der Waals surface area contributed by atoms with Crippen LogP contribution in [0.1, 0.15) is 24.0 Å². The normalized spacial score (nSPS) is 12.2. The van der Waals surface area contributed by atoms with Crippen LogP contribution in [-0.4, -0.2) is 148 Å². The lowest BCUT2D eigenvalue weighted by molar-refractivity contribution is -0.893. The molecule has 2 unspecified atom stereocenters. The molecule has 2 atom stereocenters. The Balaban J connectivity index is 0. The van der Waals surface area contributed by atoms with Crippen LogP contribution in [-0.2, 0) is 9.59 Å². The number of nitrogens with zero attached hydrogens (tertiary/aromatic N) is 2. The van der Waals surface area contributed by atoms with Crippen LogP contribution in [0.5, 0.6) is 11.5 Å². The van der Waals surface area contributed by atoms with Crippen molar-refractivity contribution in [2.45, 2.75) is 25.0 Å². The fourth-order valence-corrected chi connectivity index (χ4v) is 4.08. The second kappa shape index (κ2) is 29.5. The van der Waals surface area contributed by atoms with Gasteiger partial charge in [-0.25, -0.2) is 0 Å². The molecule has 0 saturated heterocycles. The molecule has 14 heteroatoms. The van der Waals surface area contributed by atoms with Crippen molar-refractivity contribution >= 4 is 35.6 Å². The van der Waals surface area contributed by atoms with E-state index in [1.54, 1.807) is 32.4 Å². The maximum Gasteiger partial charge on any atom is 0.244 e. The highest BCUT2D eigenvalue weighted by molar-refractivity contribution is 6.18. The van der Waals surface area contributed by atoms with Gasteiger partial charge in [-0.15, -0.1) is 11.6 Å². The predicted molar refractivity (Wildman–Crippen MR) is 197 cm³/mol. The van der Waals surface area contributed by atoms with Gasteiger partial charge in [0.1, 0.15) is 24.1 Å². The molecule has 0 aliphatic heterocycles. The molecule has 0 heterocycles. The number of aliphatic hydroxyl groups is 4. The van der Waals surface area contributed by atoms with Gasteiger partial charge in [-0.05, 0) is 74.6 Å². The topological polar surface area (TPSA) is 161 Å². The number of amides is 2. The zero-order valence-electron chi connectivity index (χ0n) is 30.2. The van der Waals surface area contributed by atoms with Gasteiger partial charge >= 0.3 is 0 Å². The lowest BCUT2D eigenvalue weighted by Gasteiger charge is -2.31. The van der Waals surface area contributed by atoms with Crippen LogP contribution in [0.15, 0.2) is 60.7 Å². The first-order chi connectivity index (χ1) is 23.3. The highest BCUT2D eigenvalue weighted by Gasteiger charge is 2.19. The Morgan fingerprint density at radius 1 is 0.800 bits per heavy atom. The number of rotatable bonds is 19. The Kier molecular flexibility index (Phi) is 28.9. The van der Waals surface area contributed by atoms with Crippen LogP contribution in [0, 0.1) is 0 Å². The van der Waals surface area contributed by atoms with Crippen molar-refractivity contribution in [3.63, 3.8) is 0 Å². The fraction of sp³-hybridized carbons (Fsp3) is 0.500. The van der Waals surface area contributed by atoms with Gasteiger partial charge in [-0.3, -0.25) is 9.59 Å². The van der Waals surface area contributed by atoms with Crippen molar-refractivity contribution in [1.82, 2.24) is 15.5 Å². The molecule has 0 aliphatic rings. The summed E-state index contributed by atoms with van der Waals surface area (Å²) in [6.45, 7) is 3.06. The summed E-state index contributed by atoms with van der Waals surface area (Å²) in [7, 11) is 11.3. The van der Waals surface area contributed by atoms with Gasteiger partial charge in [0.15, 0.2) is 0 Å². The van der Waals surface area contributed by atoms with Crippen molar-refractivity contribution < 1.29 is 56.4 Å². The average Bonchev–Trinajstić information content (AvgIpc) is 3.10. The quantitative estimate of drug-likeness (QED) is 0.0459. The number of hydrogen-bond acceptors (Lipinski definition) is 9. The summed E-state index contributed by atoms with van der Waals surface area (Å²) in [6, 6.07) is 15.0. The van der Waals surface area contributed by atoms with Gasteiger partial charge in [0.25, 0.3) is 0 Å². The molecule has 12 nitrogen and oxygen atoms in total. The number of nitrogens with one attached hydrogen (secondary N) is 2. The van der Waals surface area contributed by atoms with Gasteiger partial charge in [0.05, 0.1) is 60.1 Å². The summed E-state index contributed by atoms with van der Waals surface area (Å²) in [5.74, 6) is 1.51. The number of alkyl halides is 1. The number of carbonyl (C=O) groups excluding carboxylic acids is 2. The Labute approximate surface area is 309 Å². The van der Waals surface area contributed by atoms with E-state index in [2.05, 4.69) is 15.5 Å². The number of hydrogen-bond donors (Lipinski definition) is 6. The molecule has 0 spiro atoms. The first-order valence-corrected chi connectivity index (χ1v) is 16.6. The highest BCUT2D eigenvalue weighted by Crippen LogP contribution is 2.13. The molecule has 0 aromatic heterocycles. The molecular formula is C36H58Cl2N4O8. The number of halogens is 2. The van der Waals surface area contributed by atoms with Crippen molar-refractivity contribution in [2.75, 3.05) is 94.2 Å². The minimum atomic E-state index is -0.744. The molecule has 2 aromatic carbocycles. The summed E-state index contributed by atoms with van der Waals surface area (Å²) in [4.78, 5) is 25.4. The monoisotopic (exact) mass is 744 g/mol. The third-order valence-electron chi connectivity index (χ3n) is 6.71. The zero-order valence-corrected chi connectivity index (χ0v) is 31.7. The van der Waals surface area contributed by atoms with E-state index < -0.39 is 12.2 Å². The van der Waals surface area contributed by atoms with Crippen LogP contribution in [0.4, 0.5) is 0 Å². The SMILES string of the molecule is COc1ccc(/C=C/C(=O)NCCCN(C)C)cc1.COc1ccc(/C=C/C(=O)NCCC[N+](C)(C)CC(O)CO)cc1.OCC(O)CCl.[Cl-]. The smallest absolute Gasteiger partial charge is 0.244 e. The first kappa shape index (κ1) is 48.9. The van der Waals surface area contributed by atoms with Gasteiger partial charge in [0, 0.05) is 31.7 Å². The van der Waals surface area contributed by atoms with Crippen molar-refractivity contribution in [1.29, 1.82) is 0 Å². The summed E-state index contributed by atoms with van der Waals surface area (Å²) >= 11 is 5.04. The molecule has 2 aromatic rings. The van der Waals surface area contributed by atoms with Crippen LogP contribution < -0.4 is 32.5 Å². The van der Waals surface area contributed by atoms with Crippen LogP contribution in [0.3, 0.4) is 0 Å². The molecule has 0 bridgehead atoms. The lowest BCUT2D eigenvalue weighted by atomic mass is 10.2. The molecule has 284 valence electrons. The summed E-state index contributed by atoms with van der Waals surface area (Å²) in [5, 5.41) is 40.4. The van der Waals surface area contributed by atoms with E-state index in [0.29, 0.717) is 24.1 Å². The largest absolute Gasteiger partial charge is 1.00 e. The second-order valence-electron chi connectivity index (χ2n) is 12.0. The van der Waals surface area contributed by atoms with Crippen LogP contribution in [0.2, 0.25) is 0 Å². The van der Waals surface area contributed by atoms with Crippen molar-refractivity contribution in [3.05, 3.63) is 71.8 Å². The Hall–Kier alpha value is -3.20. The number of ether oxygens (including phenoxy) is 2. The highest BCUT2D eigenvalue weighted by atomic mass is 35.5.